The van der Waals surface area contributed by atoms with Crippen LogP contribution in [0, 0.1) is 6.92 Å². The van der Waals surface area contributed by atoms with E-state index in [1.807, 2.05) is 31.2 Å². The average Bonchev–Trinajstić information content (AvgIpc) is 2.92. The topological polar surface area (TPSA) is 34.4 Å². The minimum absolute atomic E-state index is 0.166. The molecule has 0 atom stereocenters. The van der Waals surface area contributed by atoms with Gasteiger partial charge in [0.15, 0.2) is 4.80 Å². The van der Waals surface area contributed by atoms with Gasteiger partial charge in [-0.25, -0.2) is 0 Å². The van der Waals surface area contributed by atoms with Crippen LogP contribution in [-0.4, -0.2) is 10.5 Å². The Morgan fingerprint density at radius 3 is 2.67 bits per heavy atom. The summed E-state index contributed by atoms with van der Waals surface area (Å²) in [5, 5.41) is 0. The van der Waals surface area contributed by atoms with Gasteiger partial charge in [-0.15, -0.1) is 0 Å². The maximum atomic E-state index is 12.6. The Bertz CT molecular complexity index is 950. The van der Waals surface area contributed by atoms with E-state index in [0.717, 1.165) is 35.3 Å². The summed E-state index contributed by atoms with van der Waals surface area (Å²) in [6.45, 7) is 7.11. The molecular formula is C20H22N2OS. The first-order valence-electron chi connectivity index (χ1n) is 8.41. The number of carbonyl (C=O) groups is 1. The lowest BCUT2D eigenvalue weighted by Crippen LogP contribution is -2.17. The second-order valence-electron chi connectivity index (χ2n) is 5.92. The van der Waals surface area contributed by atoms with E-state index in [2.05, 4.69) is 41.6 Å². The number of thiazole rings is 1. The predicted molar refractivity (Wildman–Crippen MR) is 101 cm³/mol. The molecule has 3 aromatic rings. The Kier molecular flexibility index (Phi) is 4.95. The van der Waals surface area contributed by atoms with Crippen molar-refractivity contribution < 1.29 is 4.79 Å². The summed E-state index contributed by atoms with van der Waals surface area (Å²) >= 11 is 1.60. The van der Waals surface area contributed by atoms with Gasteiger partial charge in [0, 0.05) is 12.1 Å². The summed E-state index contributed by atoms with van der Waals surface area (Å²) < 4.78 is 3.36. The quantitative estimate of drug-likeness (QED) is 0.677. The van der Waals surface area contributed by atoms with E-state index in [9.17, 15) is 4.79 Å². The molecular weight excluding hydrogens is 316 g/mol. The van der Waals surface area contributed by atoms with Crippen molar-refractivity contribution in [2.75, 3.05) is 0 Å². The molecule has 0 aliphatic heterocycles. The lowest BCUT2D eigenvalue weighted by atomic mass is 10.1. The average molecular weight is 338 g/mol. The lowest BCUT2D eigenvalue weighted by molar-refractivity contribution is 0.0997. The van der Waals surface area contributed by atoms with E-state index < -0.39 is 0 Å². The summed E-state index contributed by atoms with van der Waals surface area (Å²) in [5.74, 6) is -0.166. The minimum Gasteiger partial charge on any atom is -0.316 e. The third-order valence-corrected chi connectivity index (χ3v) is 5.22. The highest BCUT2D eigenvalue weighted by Gasteiger charge is 2.10. The number of benzene rings is 2. The Morgan fingerprint density at radius 1 is 1.17 bits per heavy atom. The second-order valence-corrected chi connectivity index (χ2v) is 6.93. The van der Waals surface area contributed by atoms with Crippen molar-refractivity contribution in [2.45, 2.75) is 40.2 Å². The predicted octanol–water partition coefficient (Wildman–Crippen LogP) is 4.72. The molecule has 3 rings (SSSR count). The summed E-state index contributed by atoms with van der Waals surface area (Å²) in [7, 11) is 0. The van der Waals surface area contributed by atoms with Gasteiger partial charge < -0.3 is 4.57 Å². The molecule has 1 heterocycles. The highest BCUT2D eigenvalue weighted by atomic mass is 32.1. The molecule has 0 N–H and O–H groups in total. The normalized spacial score (nSPS) is 12.0. The number of fused-ring (bicyclic) bond motifs is 1. The lowest BCUT2D eigenvalue weighted by Gasteiger charge is -2.04. The molecule has 0 spiro atoms. The molecule has 0 aliphatic rings. The molecule has 0 unspecified atom stereocenters. The summed E-state index contributed by atoms with van der Waals surface area (Å²) in [6, 6.07) is 14.1. The maximum absolute atomic E-state index is 12.6. The van der Waals surface area contributed by atoms with Crippen LogP contribution < -0.4 is 4.80 Å². The number of carbonyl (C=O) groups excluding carboxylic acids is 1. The van der Waals surface area contributed by atoms with E-state index in [1.54, 1.807) is 11.3 Å². The van der Waals surface area contributed by atoms with Gasteiger partial charge >= 0.3 is 0 Å². The molecule has 0 fully saturated rings. The van der Waals surface area contributed by atoms with Crippen molar-refractivity contribution in [2.24, 2.45) is 4.99 Å². The molecule has 0 bridgehead atoms. The molecule has 1 amide bonds. The number of hydrogen-bond acceptors (Lipinski definition) is 2. The third-order valence-electron chi connectivity index (χ3n) is 4.18. The van der Waals surface area contributed by atoms with Crippen LogP contribution in [0.3, 0.4) is 0 Å². The third kappa shape index (κ3) is 3.20. The van der Waals surface area contributed by atoms with Gasteiger partial charge in [-0.05, 0) is 49.1 Å². The zero-order valence-electron chi connectivity index (χ0n) is 14.4. The molecule has 24 heavy (non-hydrogen) atoms. The molecule has 0 saturated heterocycles. The van der Waals surface area contributed by atoms with Crippen LogP contribution in [0.25, 0.3) is 10.2 Å². The van der Waals surface area contributed by atoms with Crippen molar-refractivity contribution in [1.82, 2.24) is 4.57 Å². The van der Waals surface area contributed by atoms with Gasteiger partial charge in [0.2, 0.25) is 0 Å². The standard InChI is InChI=1S/C20H22N2OS/c1-4-12-22-17-11-10-15(5-2)13-18(17)24-20(22)21-19(23)16-9-7-6-8-14(16)3/h6-11,13H,4-5,12H2,1-3H3. The first-order valence-corrected chi connectivity index (χ1v) is 9.22. The van der Waals surface area contributed by atoms with Crippen LogP contribution in [0.4, 0.5) is 0 Å². The highest BCUT2D eigenvalue weighted by molar-refractivity contribution is 7.16. The summed E-state index contributed by atoms with van der Waals surface area (Å²) in [4.78, 5) is 17.8. The fraction of sp³-hybridized carbons (Fsp3) is 0.300. The van der Waals surface area contributed by atoms with E-state index in [4.69, 9.17) is 0 Å². The molecule has 124 valence electrons. The van der Waals surface area contributed by atoms with Crippen LogP contribution in [-0.2, 0) is 13.0 Å². The van der Waals surface area contributed by atoms with Gasteiger partial charge in [-0.2, -0.15) is 4.99 Å². The van der Waals surface area contributed by atoms with Crippen molar-refractivity contribution in [3.63, 3.8) is 0 Å². The van der Waals surface area contributed by atoms with Crippen LogP contribution in [0.15, 0.2) is 47.5 Å². The van der Waals surface area contributed by atoms with Gasteiger partial charge in [0.1, 0.15) is 0 Å². The molecule has 4 heteroatoms. The number of hydrogen-bond donors (Lipinski definition) is 0. The molecule has 0 saturated carbocycles. The van der Waals surface area contributed by atoms with Crippen molar-refractivity contribution in [1.29, 1.82) is 0 Å². The zero-order chi connectivity index (χ0) is 17.1. The zero-order valence-corrected chi connectivity index (χ0v) is 15.2. The monoisotopic (exact) mass is 338 g/mol. The Labute approximate surface area is 146 Å². The Hall–Kier alpha value is -2.20. The molecule has 0 radical (unpaired) electrons. The van der Waals surface area contributed by atoms with Crippen molar-refractivity contribution in [3.8, 4) is 0 Å². The minimum atomic E-state index is -0.166. The van der Waals surface area contributed by atoms with E-state index in [1.165, 1.54) is 10.3 Å². The molecule has 1 aromatic heterocycles. The van der Waals surface area contributed by atoms with Gasteiger partial charge in [0.25, 0.3) is 5.91 Å². The second kappa shape index (κ2) is 7.14. The first-order chi connectivity index (χ1) is 11.6. The number of amides is 1. The summed E-state index contributed by atoms with van der Waals surface area (Å²) in [5.41, 5.74) is 4.11. The smallest absolute Gasteiger partial charge is 0.279 e. The van der Waals surface area contributed by atoms with Crippen LogP contribution in [0.2, 0.25) is 0 Å². The fourth-order valence-electron chi connectivity index (χ4n) is 2.82. The van der Waals surface area contributed by atoms with Crippen molar-refractivity contribution >= 4 is 27.5 Å². The molecule has 3 nitrogen and oxygen atoms in total. The van der Waals surface area contributed by atoms with E-state index >= 15 is 0 Å². The van der Waals surface area contributed by atoms with Gasteiger partial charge in [0.05, 0.1) is 10.2 Å². The number of aromatic nitrogens is 1. The number of rotatable bonds is 4. The Morgan fingerprint density at radius 2 is 1.96 bits per heavy atom. The van der Waals surface area contributed by atoms with Crippen LogP contribution in [0.1, 0.15) is 41.8 Å². The van der Waals surface area contributed by atoms with Crippen molar-refractivity contribution in [3.05, 3.63) is 64.0 Å². The largest absolute Gasteiger partial charge is 0.316 e. The molecule has 2 aromatic carbocycles. The van der Waals surface area contributed by atoms with Gasteiger partial charge in [-0.1, -0.05) is 49.4 Å². The number of aryl methyl sites for hydroxylation is 3. The van der Waals surface area contributed by atoms with Crippen LogP contribution in [0.5, 0.6) is 0 Å². The fourth-order valence-corrected chi connectivity index (χ4v) is 3.94. The Balaban J connectivity index is 2.15. The number of nitrogens with zero attached hydrogens (tertiary/aromatic N) is 2. The summed E-state index contributed by atoms with van der Waals surface area (Å²) in [6.07, 6.45) is 2.02. The van der Waals surface area contributed by atoms with Crippen LogP contribution >= 0.6 is 11.3 Å². The maximum Gasteiger partial charge on any atom is 0.279 e. The molecule has 0 aliphatic carbocycles. The highest BCUT2D eigenvalue weighted by Crippen LogP contribution is 2.20. The SMILES string of the molecule is CCCn1c(=NC(=O)c2ccccc2C)sc2cc(CC)ccc21. The van der Waals surface area contributed by atoms with E-state index in [0.29, 0.717) is 5.56 Å². The first kappa shape index (κ1) is 16.7. The van der Waals surface area contributed by atoms with Gasteiger partial charge in [-0.3, -0.25) is 4.79 Å². The van der Waals surface area contributed by atoms with E-state index in [-0.39, 0.29) is 5.91 Å².